The van der Waals surface area contributed by atoms with Crippen molar-refractivity contribution < 1.29 is 18.6 Å². The third-order valence-corrected chi connectivity index (χ3v) is 6.99. The molecule has 3 aromatic rings. The number of nitrogens with one attached hydrogen (secondary N) is 1. The van der Waals surface area contributed by atoms with Gasteiger partial charge in [0.1, 0.15) is 29.7 Å². The van der Waals surface area contributed by atoms with Gasteiger partial charge in [0.15, 0.2) is 11.5 Å². The van der Waals surface area contributed by atoms with E-state index in [1.165, 1.54) is 18.2 Å². The summed E-state index contributed by atoms with van der Waals surface area (Å²) in [6, 6.07) is 5.46. The molecule has 0 saturated carbocycles. The molecule has 2 aliphatic rings. The van der Waals surface area contributed by atoms with Crippen LogP contribution in [0.4, 0.5) is 14.6 Å². The van der Waals surface area contributed by atoms with Crippen molar-refractivity contribution in [1.82, 2.24) is 30.1 Å². The fraction of sp³-hybridized carbons (Fsp3) is 0.480. The number of phenolic OH excluding ortho intramolecular Hbond substituents is 1. The van der Waals surface area contributed by atoms with E-state index in [-0.39, 0.29) is 35.0 Å². The Bertz CT molecular complexity index is 1240. The van der Waals surface area contributed by atoms with Crippen LogP contribution in [0.25, 0.3) is 22.3 Å². The smallest absolute Gasteiger partial charge is 0.320 e. The number of fused-ring (bicyclic) bond motifs is 1. The van der Waals surface area contributed by atoms with Crippen LogP contribution < -0.4 is 15.0 Å². The highest BCUT2D eigenvalue weighted by molar-refractivity contribution is 5.90. The van der Waals surface area contributed by atoms with E-state index < -0.39 is 17.4 Å². The number of aromatic nitrogens is 3. The second-order valence-corrected chi connectivity index (χ2v) is 9.61. The lowest BCUT2D eigenvalue weighted by molar-refractivity contribution is 0.0752. The number of hydrogen-bond acceptors (Lipinski definition) is 9. The lowest BCUT2D eigenvalue weighted by Crippen LogP contribution is -2.52. The number of anilines is 1. The van der Waals surface area contributed by atoms with Gasteiger partial charge in [0.05, 0.1) is 17.0 Å². The average molecular weight is 500 g/mol. The SMILES string of the molecule is C[C@@H]1CNCCN1c1nc(OCC2CN(C)CCN2C)nc2nc(-c3c(O)cccc3F)c(F)cc12. The van der Waals surface area contributed by atoms with E-state index in [2.05, 4.69) is 56.0 Å². The molecule has 0 spiro atoms. The van der Waals surface area contributed by atoms with Crippen molar-refractivity contribution in [2.45, 2.75) is 19.0 Å². The highest BCUT2D eigenvalue weighted by atomic mass is 19.1. The molecule has 2 fully saturated rings. The summed E-state index contributed by atoms with van der Waals surface area (Å²) in [5, 5.41) is 14.0. The van der Waals surface area contributed by atoms with Crippen LogP contribution in [0.2, 0.25) is 0 Å². The third-order valence-electron chi connectivity index (χ3n) is 6.99. The van der Waals surface area contributed by atoms with Crippen molar-refractivity contribution in [1.29, 1.82) is 0 Å². The molecule has 2 N–H and O–H groups in total. The summed E-state index contributed by atoms with van der Waals surface area (Å²) in [7, 11) is 4.14. The highest BCUT2D eigenvalue weighted by Crippen LogP contribution is 2.35. The molecule has 192 valence electrons. The van der Waals surface area contributed by atoms with Gasteiger partial charge in [0.2, 0.25) is 0 Å². The molecule has 0 amide bonds. The van der Waals surface area contributed by atoms with Crippen LogP contribution in [0.5, 0.6) is 11.8 Å². The average Bonchev–Trinajstić information content (AvgIpc) is 2.85. The minimum absolute atomic E-state index is 0.0983. The number of phenols is 1. The first-order valence-electron chi connectivity index (χ1n) is 12.2. The number of rotatable bonds is 5. The Hall–Kier alpha value is -3.15. The van der Waals surface area contributed by atoms with E-state index in [4.69, 9.17) is 4.74 Å². The molecule has 0 bridgehead atoms. The summed E-state index contributed by atoms with van der Waals surface area (Å²) in [6.07, 6.45) is 0. The van der Waals surface area contributed by atoms with E-state index >= 15 is 4.39 Å². The normalized spacial score (nSPS) is 21.8. The molecule has 0 aliphatic carbocycles. The molecule has 4 heterocycles. The fourth-order valence-corrected chi connectivity index (χ4v) is 4.81. The molecule has 2 aliphatic heterocycles. The van der Waals surface area contributed by atoms with Crippen molar-refractivity contribution in [2.24, 2.45) is 0 Å². The number of benzene rings is 1. The van der Waals surface area contributed by atoms with E-state index in [0.29, 0.717) is 24.4 Å². The first kappa shape index (κ1) is 24.5. The summed E-state index contributed by atoms with van der Waals surface area (Å²) >= 11 is 0. The molecule has 1 unspecified atom stereocenters. The third kappa shape index (κ3) is 4.78. The molecule has 2 aromatic heterocycles. The quantitative estimate of drug-likeness (QED) is 0.548. The minimum Gasteiger partial charge on any atom is -0.507 e. The van der Waals surface area contributed by atoms with Gasteiger partial charge in [-0.15, -0.1) is 0 Å². The Morgan fingerprint density at radius 2 is 1.94 bits per heavy atom. The maximum atomic E-state index is 15.3. The van der Waals surface area contributed by atoms with Crippen LogP contribution in [-0.4, -0.2) is 102 Å². The van der Waals surface area contributed by atoms with Crippen LogP contribution in [0.15, 0.2) is 24.3 Å². The molecule has 2 saturated heterocycles. The Balaban J connectivity index is 1.58. The Morgan fingerprint density at radius 3 is 2.72 bits per heavy atom. The van der Waals surface area contributed by atoms with E-state index in [1.54, 1.807) is 0 Å². The first-order valence-corrected chi connectivity index (χ1v) is 12.2. The zero-order valence-electron chi connectivity index (χ0n) is 20.7. The lowest BCUT2D eigenvalue weighted by atomic mass is 10.1. The molecule has 2 atom stereocenters. The number of piperazine rings is 2. The second kappa shape index (κ2) is 10.1. The number of ether oxygens (including phenoxy) is 1. The summed E-state index contributed by atoms with van der Waals surface area (Å²) in [6.45, 7) is 7.38. The van der Waals surface area contributed by atoms with Crippen molar-refractivity contribution in [3.63, 3.8) is 0 Å². The zero-order valence-corrected chi connectivity index (χ0v) is 20.7. The van der Waals surface area contributed by atoms with Gasteiger partial charge in [-0.3, -0.25) is 4.90 Å². The predicted molar refractivity (Wildman–Crippen MR) is 133 cm³/mol. The maximum absolute atomic E-state index is 15.3. The standard InChI is InChI=1S/C25H31F2N7O2/c1-15-12-28-7-8-34(15)24-17-11-19(27)22(21-18(26)5-4-6-20(21)35)29-23(17)30-25(31-24)36-14-16-13-32(2)9-10-33(16)3/h4-6,11,15-16,28,35H,7-10,12-14H2,1-3H3/t15-,16?/m1/s1. The van der Waals surface area contributed by atoms with E-state index in [0.717, 1.165) is 38.8 Å². The topological polar surface area (TPSA) is 89.9 Å². The predicted octanol–water partition coefficient (Wildman–Crippen LogP) is 2.10. The Labute approximate surface area is 208 Å². The van der Waals surface area contributed by atoms with E-state index in [9.17, 15) is 9.50 Å². The van der Waals surface area contributed by atoms with Gasteiger partial charge in [0, 0.05) is 45.3 Å². The Morgan fingerprint density at radius 1 is 1.11 bits per heavy atom. The Kier molecular flexibility index (Phi) is 6.87. The summed E-state index contributed by atoms with van der Waals surface area (Å²) in [5.41, 5.74) is -0.438. The number of nitrogens with zero attached hydrogens (tertiary/aromatic N) is 6. The van der Waals surface area contributed by atoms with Crippen LogP contribution in [0, 0.1) is 11.6 Å². The monoisotopic (exact) mass is 499 g/mol. The van der Waals surface area contributed by atoms with Crippen LogP contribution in [0.1, 0.15) is 6.92 Å². The molecular weight excluding hydrogens is 468 g/mol. The van der Waals surface area contributed by atoms with Gasteiger partial charge in [-0.05, 0) is 39.2 Å². The largest absolute Gasteiger partial charge is 0.507 e. The number of halogens is 2. The van der Waals surface area contributed by atoms with Crippen molar-refractivity contribution in [2.75, 3.05) is 64.9 Å². The lowest BCUT2D eigenvalue weighted by Gasteiger charge is -2.37. The second-order valence-electron chi connectivity index (χ2n) is 9.61. The zero-order chi connectivity index (χ0) is 25.4. The molecule has 36 heavy (non-hydrogen) atoms. The summed E-state index contributed by atoms with van der Waals surface area (Å²) in [4.78, 5) is 20.1. The van der Waals surface area contributed by atoms with Gasteiger partial charge < -0.3 is 25.0 Å². The van der Waals surface area contributed by atoms with E-state index in [1.807, 2.05) is 0 Å². The number of pyridine rings is 1. The highest BCUT2D eigenvalue weighted by Gasteiger charge is 2.27. The number of aromatic hydroxyl groups is 1. The van der Waals surface area contributed by atoms with Gasteiger partial charge in [0.25, 0.3) is 0 Å². The van der Waals surface area contributed by atoms with Gasteiger partial charge in [-0.1, -0.05) is 6.07 Å². The molecule has 9 nitrogen and oxygen atoms in total. The van der Waals surface area contributed by atoms with Crippen LogP contribution >= 0.6 is 0 Å². The van der Waals surface area contributed by atoms with Crippen LogP contribution in [-0.2, 0) is 0 Å². The molecular formula is C25H31F2N7O2. The molecule has 11 heteroatoms. The minimum atomic E-state index is -0.772. The molecule has 5 rings (SSSR count). The van der Waals surface area contributed by atoms with Gasteiger partial charge in [-0.25, -0.2) is 13.8 Å². The summed E-state index contributed by atoms with van der Waals surface area (Å²) in [5.74, 6) is -1.41. The summed E-state index contributed by atoms with van der Waals surface area (Å²) < 4.78 is 35.9. The van der Waals surface area contributed by atoms with Gasteiger partial charge in [-0.2, -0.15) is 9.97 Å². The van der Waals surface area contributed by atoms with Gasteiger partial charge >= 0.3 is 6.01 Å². The number of likely N-dealkylation sites (N-methyl/N-ethyl adjacent to an activating group) is 2. The van der Waals surface area contributed by atoms with Crippen molar-refractivity contribution in [3.05, 3.63) is 35.9 Å². The van der Waals surface area contributed by atoms with Crippen molar-refractivity contribution in [3.8, 4) is 23.0 Å². The van der Waals surface area contributed by atoms with Crippen molar-refractivity contribution >= 4 is 16.9 Å². The van der Waals surface area contributed by atoms with Crippen LogP contribution in [0.3, 0.4) is 0 Å². The molecule has 1 aromatic carbocycles. The first-order chi connectivity index (χ1) is 17.3. The molecule has 0 radical (unpaired) electrons. The fourth-order valence-electron chi connectivity index (χ4n) is 4.81. The maximum Gasteiger partial charge on any atom is 0.320 e. The number of hydrogen-bond donors (Lipinski definition) is 2.